The van der Waals surface area contributed by atoms with E-state index in [2.05, 4.69) is 31.8 Å². The highest BCUT2D eigenvalue weighted by atomic mass is 35.5. The third-order valence-electron chi connectivity index (χ3n) is 4.78. The number of benzene rings is 1. The Labute approximate surface area is 183 Å². The summed E-state index contributed by atoms with van der Waals surface area (Å²) in [6.07, 6.45) is 5.18. The molecule has 0 atom stereocenters. The highest BCUT2D eigenvalue weighted by Crippen LogP contribution is 2.35. The van der Waals surface area contributed by atoms with Crippen molar-refractivity contribution in [1.82, 2.24) is 14.3 Å². The van der Waals surface area contributed by atoms with Crippen LogP contribution in [0.2, 0.25) is 5.15 Å². The van der Waals surface area contributed by atoms with Gasteiger partial charge < -0.3 is 0 Å². The summed E-state index contributed by atoms with van der Waals surface area (Å²) in [4.78, 5) is 24.8. The van der Waals surface area contributed by atoms with E-state index in [0.29, 0.717) is 10.8 Å². The van der Waals surface area contributed by atoms with Crippen molar-refractivity contribution in [3.05, 3.63) is 57.8 Å². The maximum absolute atomic E-state index is 13.2. The van der Waals surface area contributed by atoms with Crippen LogP contribution < -0.4 is 0 Å². The van der Waals surface area contributed by atoms with Gasteiger partial charge in [0.25, 0.3) is 5.91 Å². The van der Waals surface area contributed by atoms with Gasteiger partial charge >= 0.3 is 0 Å². The average Bonchev–Trinajstić information content (AvgIpc) is 3.29. The topological polar surface area (TPSA) is 50.0 Å². The number of carbonyl (C=O) groups excluding carboxylic acids is 1. The quantitative estimate of drug-likeness (QED) is 0.485. The molecule has 1 amide bonds. The minimum Gasteiger partial charge on any atom is -0.289 e. The number of fused-ring (bicyclic) bond motifs is 1. The molecule has 0 aliphatic carbocycles. The first-order valence-electron chi connectivity index (χ1n) is 9.18. The number of aliphatic imine (C=N–C) groups is 1. The molecule has 2 aromatic heterocycles. The van der Waals surface area contributed by atoms with Gasteiger partial charge in [-0.05, 0) is 45.4 Å². The highest BCUT2D eigenvalue weighted by Gasteiger charge is 2.40. The summed E-state index contributed by atoms with van der Waals surface area (Å²) in [7, 11) is 0. The van der Waals surface area contributed by atoms with Crippen molar-refractivity contribution < 1.29 is 4.79 Å². The summed E-state index contributed by atoms with van der Waals surface area (Å²) in [6, 6.07) is 6.14. The predicted octanol–water partition coefficient (Wildman–Crippen LogP) is 5.72. The number of hydrogen-bond donors (Lipinski definition) is 0. The van der Waals surface area contributed by atoms with E-state index in [4.69, 9.17) is 16.6 Å². The number of amidine groups is 1. The SMILES string of the molecule is Cc1ccc(N=C2SCC(C)(C)N2C(=O)/C=C/c2c(Cl)nc3sccn23)c(C)c1. The van der Waals surface area contributed by atoms with Crippen LogP contribution in [0.1, 0.15) is 30.7 Å². The third-order valence-corrected chi connectivity index (χ3v) is 7.20. The molecule has 0 N–H and O–H groups in total. The Hall–Kier alpha value is -2.09. The Bertz CT molecular complexity index is 1160. The fraction of sp³-hybridized carbons (Fsp3) is 0.286. The molecule has 5 nitrogen and oxygen atoms in total. The van der Waals surface area contributed by atoms with Crippen LogP contribution in [0, 0.1) is 13.8 Å². The normalized spacial score (nSPS) is 17.8. The fourth-order valence-corrected chi connectivity index (χ4v) is 5.53. The van der Waals surface area contributed by atoms with Crippen molar-refractivity contribution >= 4 is 62.5 Å². The Morgan fingerprint density at radius 1 is 1.34 bits per heavy atom. The van der Waals surface area contributed by atoms with E-state index in [1.807, 2.05) is 35.0 Å². The minimum atomic E-state index is -0.331. The van der Waals surface area contributed by atoms with Gasteiger partial charge in [0.2, 0.25) is 0 Å². The van der Waals surface area contributed by atoms with Crippen LogP contribution in [0.15, 0.2) is 40.8 Å². The number of hydrogen-bond acceptors (Lipinski definition) is 5. The van der Waals surface area contributed by atoms with Gasteiger partial charge in [-0.3, -0.25) is 14.1 Å². The van der Waals surface area contributed by atoms with E-state index in [9.17, 15) is 4.79 Å². The number of imidazole rings is 1. The molecule has 1 aliphatic heterocycles. The van der Waals surface area contributed by atoms with Gasteiger partial charge in [0.1, 0.15) is 0 Å². The fourth-order valence-electron chi connectivity index (χ4n) is 3.29. The molecule has 0 saturated carbocycles. The maximum atomic E-state index is 13.2. The van der Waals surface area contributed by atoms with Crippen molar-refractivity contribution in [2.45, 2.75) is 33.2 Å². The first-order valence-corrected chi connectivity index (χ1v) is 11.4. The Kier molecular flexibility index (Phi) is 5.31. The molecule has 0 unspecified atom stereocenters. The molecule has 29 heavy (non-hydrogen) atoms. The molecule has 1 aliphatic rings. The molecule has 150 valence electrons. The van der Waals surface area contributed by atoms with Crippen LogP contribution in [0.4, 0.5) is 5.69 Å². The first kappa shape index (κ1) is 20.2. The molecule has 3 aromatic rings. The summed E-state index contributed by atoms with van der Waals surface area (Å²) >= 11 is 9.35. The van der Waals surface area contributed by atoms with Crippen molar-refractivity contribution in [2.24, 2.45) is 4.99 Å². The van der Waals surface area contributed by atoms with Crippen LogP contribution in [-0.2, 0) is 4.79 Å². The molecule has 4 rings (SSSR count). The minimum absolute atomic E-state index is 0.121. The van der Waals surface area contributed by atoms with E-state index >= 15 is 0 Å². The lowest BCUT2D eigenvalue weighted by molar-refractivity contribution is -0.124. The van der Waals surface area contributed by atoms with Crippen LogP contribution in [0.5, 0.6) is 0 Å². The number of aromatic nitrogens is 2. The predicted molar refractivity (Wildman–Crippen MR) is 124 cm³/mol. The van der Waals surface area contributed by atoms with Gasteiger partial charge in [-0.25, -0.2) is 9.98 Å². The molecule has 1 fully saturated rings. The molecule has 3 heterocycles. The lowest BCUT2D eigenvalue weighted by atomic mass is 10.1. The lowest BCUT2D eigenvalue weighted by Gasteiger charge is -2.29. The highest BCUT2D eigenvalue weighted by molar-refractivity contribution is 8.14. The van der Waals surface area contributed by atoms with Gasteiger partial charge in [0, 0.05) is 23.4 Å². The van der Waals surface area contributed by atoms with E-state index in [1.54, 1.807) is 28.8 Å². The number of thioether (sulfide) groups is 1. The van der Waals surface area contributed by atoms with Crippen molar-refractivity contribution in [2.75, 3.05) is 5.75 Å². The molecule has 1 aromatic carbocycles. The largest absolute Gasteiger partial charge is 0.289 e. The zero-order chi connectivity index (χ0) is 20.8. The van der Waals surface area contributed by atoms with Crippen LogP contribution in [-0.4, -0.2) is 36.7 Å². The van der Waals surface area contributed by atoms with Crippen molar-refractivity contribution in [3.63, 3.8) is 0 Å². The van der Waals surface area contributed by atoms with Gasteiger partial charge in [0.15, 0.2) is 15.3 Å². The monoisotopic (exact) mass is 444 g/mol. The summed E-state index contributed by atoms with van der Waals surface area (Å²) in [6.45, 7) is 8.21. The van der Waals surface area contributed by atoms with Crippen molar-refractivity contribution in [3.8, 4) is 0 Å². The van der Waals surface area contributed by atoms with Crippen LogP contribution >= 0.6 is 34.7 Å². The number of rotatable bonds is 3. The summed E-state index contributed by atoms with van der Waals surface area (Å²) in [5.41, 5.74) is 3.54. The molecule has 0 bridgehead atoms. The van der Waals surface area contributed by atoms with E-state index in [1.165, 1.54) is 16.9 Å². The van der Waals surface area contributed by atoms with Gasteiger partial charge in [-0.1, -0.05) is 41.1 Å². The maximum Gasteiger partial charge on any atom is 0.253 e. The summed E-state index contributed by atoms with van der Waals surface area (Å²) in [5.74, 6) is 0.670. The Morgan fingerprint density at radius 2 is 2.14 bits per heavy atom. The zero-order valence-electron chi connectivity index (χ0n) is 16.6. The standard InChI is InChI=1S/C21H21ClN4OS2/c1-13-5-6-15(14(2)11-13)23-20-26(21(3,4)12-29-20)17(27)8-7-16-18(22)24-19-25(16)9-10-28-19/h5-11H,12H2,1-4H3/b8-7+,23-20?. The van der Waals surface area contributed by atoms with E-state index < -0.39 is 0 Å². The van der Waals surface area contributed by atoms with E-state index in [-0.39, 0.29) is 11.4 Å². The van der Waals surface area contributed by atoms with Gasteiger partial charge in [-0.15, -0.1) is 11.3 Å². The lowest BCUT2D eigenvalue weighted by Crippen LogP contribution is -2.45. The van der Waals surface area contributed by atoms with Gasteiger partial charge in [0.05, 0.1) is 16.9 Å². The number of aryl methyl sites for hydroxylation is 2. The van der Waals surface area contributed by atoms with E-state index in [0.717, 1.165) is 27.1 Å². The van der Waals surface area contributed by atoms with Crippen molar-refractivity contribution in [1.29, 1.82) is 0 Å². The van der Waals surface area contributed by atoms with Crippen LogP contribution in [0.3, 0.4) is 0 Å². The Balaban J connectivity index is 1.66. The number of thiazole rings is 1. The molecular formula is C21H21ClN4OS2. The third kappa shape index (κ3) is 3.86. The number of nitrogens with zero attached hydrogens (tertiary/aromatic N) is 4. The molecule has 1 saturated heterocycles. The molecule has 0 radical (unpaired) electrons. The Morgan fingerprint density at radius 3 is 2.90 bits per heavy atom. The smallest absolute Gasteiger partial charge is 0.253 e. The first-order chi connectivity index (χ1) is 13.8. The second kappa shape index (κ2) is 7.63. The molecule has 0 spiro atoms. The van der Waals surface area contributed by atoms with Gasteiger partial charge in [-0.2, -0.15) is 0 Å². The zero-order valence-corrected chi connectivity index (χ0v) is 19.0. The summed E-state index contributed by atoms with van der Waals surface area (Å²) in [5, 5.41) is 3.05. The molecular weight excluding hydrogens is 424 g/mol. The number of halogens is 1. The number of carbonyl (C=O) groups is 1. The average molecular weight is 445 g/mol. The second-order valence-corrected chi connectivity index (χ2v) is 9.81. The summed E-state index contributed by atoms with van der Waals surface area (Å²) < 4.78 is 1.88. The van der Waals surface area contributed by atoms with Crippen LogP contribution in [0.25, 0.3) is 11.0 Å². The second-order valence-electron chi connectivity index (χ2n) is 7.64. The number of amides is 1. The molecule has 8 heteroatoms.